The molecule has 0 heterocycles. The molecular weight excluding hydrogens is 468 g/mol. The van der Waals surface area contributed by atoms with Crippen LogP contribution in [0.15, 0.2) is 30.3 Å². The molecule has 3 amide bonds. The molecule has 200 valence electrons. The van der Waals surface area contributed by atoms with Crippen molar-refractivity contribution in [3.63, 3.8) is 0 Å². The standard InChI is InChI=1S/C25H38N4O7/c1-14(2)12-18(28-24(34)21(26)15(3)4)23(33)27-17(10-11-20(30)31)22(32)29-19(25(35)36)13-16-8-6-5-7-9-16/h5-9,14-15,17-19,21H,10-13,26H2,1-4H3,(H,27,33)(H,28,34)(H,29,32)(H,30,31)(H,35,36). The van der Waals surface area contributed by atoms with Crippen LogP contribution in [0, 0.1) is 11.8 Å². The molecule has 1 aromatic rings. The zero-order chi connectivity index (χ0) is 27.4. The summed E-state index contributed by atoms with van der Waals surface area (Å²) in [5.74, 6) is -4.66. The highest BCUT2D eigenvalue weighted by Gasteiger charge is 2.31. The number of aliphatic carboxylic acids is 2. The van der Waals surface area contributed by atoms with Gasteiger partial charge in [0.1, 0.15) is 18.1 Å². The predicted molar refractivity (Wildman–Crippen MR) is 133 cm³/mol. The van der Waals surface area contributed by atoms with Gasteiger partial charge in [0, 0.05) is 12.8 Å². The van der Waals surface area contributed by atoms with Crippen molar-refractivity contribution < 1.29 is 34.2 Å². The first-order valence-electron chi connectivity index (χ1n) is 12.0. The summed E-state index contributed by atoms with van der Waals surface area (Å²) in [4.78, 5) is 61.4. The van der Waals surface area contributed by atoms with Crippen LogP contribution >= 0.6 is 0 Å². The average molecular weight is 507 g/mol. The second-order valence-corrected chi connectivity index (χ2v) is 9.54. The Labute approximate surface area is 211 Å². The van der Waals surface area contributed by atoms with E-state index >= 15 is 0 Å². The SMILES string of the molecule is CC(C)CC(NC(=O)C(N)C(C)C)C(=O)NC(CCC(=O)O)C(=O)NC(Cc1ccccc1)C(=O)O. The van der Waals surface area contributed by atoms with Gasteiger partial charge in [-0.3, -0.25) is 19.2 Å². The van der Waals surface area contributed by atoms with Crippen LogP contribution in [0.1, 0.15) is 52.5 Å². The van der Waals surface area contributed by atoms with Crippen LogP contribution in [-0.2, 0) is 30.4 Å². The van der Waals surface area contributed by atoms with Crippen LogP contribution in [0.2, 0.25) is 0 Å². The molecule has 0 fully saturated rings. The lowest BCUT2D eigenvalue weighted by Crippen LogP contribution is -2.58. The third-order valence-electron chi connectivity index (χ3n) is 5.54. The first kappa shape index (κ1) is 30.6. The molecule has 4 unspecified atom stereocenters. The van der Waals surface area contributed by atoms with Crippen molar-refractivity contribution in [2.75, 3.05) is 0 Å². The number of carboxylic acids is 2. The first-order chi connectivity index (χ1) is 16.8. The summed E-state index contributed by atoms with van der Waals surface area (Å²) in [6.45, 7) is 7.24. The van der Waals surface area contributed by atoms with Crippen LogP contribution in [0.4, 0.5) is 0 Å². The van der Waals surface area contributed by atoms with Gasteiger partial charge in [-0.05, 0) is 30.2 Å². The number of hydrogen-bond acceptors (Lipinski definition) is 6. The van der Waals surface area contributed by atoms with Crippen molar-refractivity contribution in [2.45, 2.75) is 77.5 Å². The maximum Gasteiger partial charge on any atom is 0.326 e. The monoisotopic (exact) mass is 506 g/mol. The maximum atomic E-state index is 13.1. The van der Waals surface area contributed by atoms with E-state index < -0.39 is 60.2 Å². The second-order valence-electron chi connectivity index (χ2n) is 9.54. The van der Waals surface area contributed by atoms with E-state index in [2.05, 4.69) is 16.0 Å². The van der Waals surface area contributed by atoms with E-state index in [9.17, 15) is 29.1 Å². The average Bonchev–Trinajstić information content (AvgIpc) is 2.80. The molecule has 4 atom stereocenters. The highest BCUT2D eigenvalue weighted by atomic mass is 16.4. The molecule has 1 rings (SSSR count). The molecule has 1 aromatic carbocycles. The number of nitrogens with two attached hydrogens (primary N) is 1. The van der Waals surface area contributed by atoms with Crippen molar-refractivity contribution in [1.29, 1.82) is 0 Å². The summed E-state index contributed by atoms with van der Waals surface area (Å²) in [6, 6.07) is 4.21. The normalized spacial score (nSPS) is 14.4. The molecule has 0 spiro atoms. The van der Waals surface area contributed by atoms with E-state index in [1.165, 1.54) is 0 Å². The quantitative estimate of drug-likeness (QED) is 0.200. The minimum Gasteiger partial charge on any atom is -0.481 e. The molecule has 11 heteroatoms. The van der Waals surface area contributed by atoms with E-state index in [0.29, 0.717) is 5.56 Å². The molecule has 11 nitrogen and oxygen atoms in total. The predicted octanol–water partition coefficient (Wildman–Crippen LogP) is 0.662. The minimum absolute atomic E-state index is 0.000628. The fraction of sp³-hybridized carbons (Fsp3) is 0.560. The molecular formula is C25H38N4O7. The molecule has 7 N–H and O–H groups in total. The number of benzene rings is 1. The van der Waals surface area contributed by atoms with Crippen LogP contribution in [0.25, 0.3) is 0 Å². The summed E-state index contributed by atoms with van der Waals surface area (Å²) in [5, 5.41) is 26.2. The van der Waals surface area contributed by atoms with Gasteiger partial charge >= 0.3 is 11.9 Å². The lowest BCUT2D eigenvalue weighted by Gasteiger charge is -2.26. The number of carbonyl (C=O) groups excluding carboxylic acids is 3. The third-order valence-corrected chi connectivity index (χ3v) is 5.54. The summed E-state index contributed by atoms with van der Waals surface area (Å²) in [7, 11) is 0. The number of amides is 3. The van der Waals surface area contributed by atoms with E-state index in [4.69, 9.17) is 10.8 Å². The number of rotatable bonds is 15. The Morgan fingerprint density at radius 3 is 1.83 bits per heavy atom. The van der Waals surface area contributed by atoms with Crippen LogP contribution in [-0.4, -0.2) is 64.0 Å². The largest absolute Gasteiger partial charge is 0.481 e. The van der Waals surface area contributed by atoms with Crippen LogP contribution in [0.3, 0.4) is 0 Å². The Kier molecular flexibility index (Phi) is 12.6. The Balaban J connectivity index is 3.04. The van der Waals surface area contributed by atoms with Gasteiger partial charge in [0.15, 0.2) is 0 Å². The Bertz CT molecular complexity index is 905. The molecule has 0 saturated carbocycles. The third kappa shape index (κ3) is 10.9. The summed E-state index contributed by atoms with van der Waals surface area (Å²) >= 11 is 0. The van der Waals surface area contributed by atoms with Gasteiger partial charge in [0.25, 0.3) is 0 Å². The Morgan fingerprint density at radius 1 is 0.806 bits per heavy atom. The van der Waals surface area contributed by atoms with Crippen molar-refractivity contribution in [3.05, 3.63) is 35.9 Å². The second kappa shape index (κ2) is 14.8. The minimum atomic E-state index is -1.32. The van der Waals surface area contributed by atoms with Crippen molar-refractivity contribution in [1.82, 2.24) is 16.0 Å². The summed E-state index contributed by atoms with van der Waals surface area (Å²) in [5.41, 5.74) is 6.57. The highest BCUT2D eigenvalue weighted by molar-refractivity contribution is 5.94. The van der Waals surface area contributed by atoms with Gasteiger partial charge in [0.05, 0.1) is 6.04 Å². The van der Waals surface area contributed by atoms with Gasteiger partial charge in [-0.2, -0.15) is 0 Å². The van der Waals surface area contributed by atoms with Gasteiger partial charge in [0.2, 0.25) is 17.7 Å². The van der Waals surface area contributed by atoms with Crippen LogP contribution in [0.5, 0.6) is 0 Å². The van der Waals surface area contributed by atoms with E-state index in [1.54, 1.807) is 44.2 Å². The molecule has 0 aliphatic carbocycles. The maximum absolute atomic E-state index is 13.1. The fourth-order valence-corrected chi connectivity index (χ4v) is 3.40. The first-order valence-corrected chi connectivity index (χ1v) is 12.0. The zero-order valence-corrected chi connectivity index (χ0v) is 21.2. The molecule has 0 bridgehead atoms. The van der Waals surface area contributed by atoms with E-state index in [1.807, 2.05) is 13.8 Å². The van der Waals surface area contributed by atoms with E-state index in [0.717, 1.165) is 0 Å². The van der Waals surface area contributed by atoms with Gasteiger partial charge in [-0.1, -0.05) is 58.0 Å². The number of nitrogens with one attached hydrogen (secondary N) is 3. The van der Waals surface area contributed by atoms with Gasteiger partial charge < -0.3 is 31.9 Å². The van der Waals surface area contributed by atoms with Crippen molar-refractivity contribution in [2.24, 2.45) is 17.6 Å². The molecule has 0 aromatic heterocycles. The smallest absolute Gasteiger partial charge is 0.326 e. The molecule has 0 aliphatic heterocycles. The van der Waals surface area contributed by atoms with E-state index in [-0.39, 0.29) is 31.1 Å². The summed E-state index contributed by atoms with van der Waals surface area (Å²) < 4.78 is 0. The lowest BCUT2D eigenvalue weighted by atomic mass is 9.99. The molecule has 36 heavy (non-hydrogen) atoms. The van der Waals surface area contributed by atoms with Gasteiger partial charge in [-0.25, -0.2) is 4.79 Å². The topological polar surface area (TPSA) is 188 Å². The molecule has 0 saturated heterocycles. The molecule has 0 radical (unpaired) electrons. The van der Waals surface area contributed by atoms with Crippen molar-refractivity contribution >= 4 is 29.7 Å². The van der Waals surface area contributed by atoms with Crippen LogP contribution < -0.4 is 21.7 Å². The summed E-state index contributed by atoms with van der Waals surface area (Å²) in [6.07, 6.45) is -0.450. The lowest BCUT2D eigenvalue weighted by molar-refractivity contribution is -0.143. The van der Waals surface area contributed by atoms with Crippen molar-refractivity contribution in [3.8, 4) is 0 Å². The molecule has 0 aliphatic rings. The van der Waals surface area contributed by atoms with Gasteiger partial charge in [-0.15, -0.1) is 0 Å². The Morgan fingerprint density at radius 2 is 1.33 bits per heavy atom. The zero-order valence-electron chi connectivity index (χ0n) is 21.2. The highest BCUT2D eigenvalue weighted by Crippen LogP contribution is 2.09. The number of carbonyl (C=O) groups is 5. The number of carboxylic acid groups (broad SMARTS) is 2. The fourth-order valence-electron chi connectivity index (χ4n) is 3.40. The Hall–Kier alpha value is -3.47. The number of hydrogen-bond donors (Lipinski definition) is 6.